The first kappa shape index (κ1) is 15.1. The zero-order valence-corrected chi connectivity index (χ0v) is 11.8. The first-order valence-corrected chi connectivity index (χ1v) is 8.06. The van der Waals surface area contributed by atoms with Crippen LogP contribution >= 0.6 is 23.1 Å². The Morgan fingerprint density at radius 3 is 2.89 bits per heavy atom. The van der Waals surface area contributed by atoms with Gasteiger partial charge in [0.05, 0.1) is 18.1 Å². The summed E-state index contributed by atoms with van der Waals surface area (Å²) in [5.41, 5.74) is 0. The van der Waals surface area contributed by atoms with E-state index in [2.05, 4.69) is 19.7 Å². The summed E-state index contributed by atoms with van der Waals surface area (Å²) in [5.74, 6) is -1.30. The topological polar surface area (TPSA) is 118 Å². The number of ether oxygens (including phenoxy) is 1. The average Bonchev–Trinajstić information content (AvgIpc) is 2.70. The van der Waals surface area contributed by atoms with E-state index in [1.54, 1.807) is 0 Å². The number of sulfonamides is 1. The summed E-state index contributed by atoms with van der Waals surface area (Å²) in [6, 6.07) is 0. The molecule has 2 N–H and O–H groups in total. The van der Waals surface area contributed by atoms with Gasteiger partial charge in [-0.2, -0.15) is 0 Å². The second-order valence-electron chi connectivity index (χ2n) is 2.97. The van der Waals surface area contributed by atoms with Gasteiger partial charge in [-0.05, 0) is 0 Å². The molecule has 0 aliphatic heterocycles. The number of hydrogen-bond donors (Lipinski definition) is 2. The van der Waals surface area contributed by atoms with Gasteiger partial charge in [-0.1, -0.05) is 23.1 Å². The summed E-state index contributed by atoms with van der Waals surface area (Å²) in [6.07, 6.45) is 0. The van der Waals surface area contributed by atoms with E-state index in [0.29, 0.717) is 4.34 Å². The summed E-state index contributed by atoms with van der Waals surface area (Å²) in [7, 11) is -2.10. The summed E-state index contributed by atoms with van der Waals surface area (Å²) in [4.78, 5) is 10.3. The Bertz CT molecular complexity index is 500. The zero-order chi connectivity index (χ0) is 13.6. The number of carboxylic acids is 1. The van der Waals surface area contributed by atoms with E-state index in [9.17, 15) is 13.2 Å². The standard InChI is InChI=1S/C7H11N3O5S3/c1-15-2-3-18(13,14)10-6-8-9-7(17-6)16-4-5(11)12/h2-4H2,1H3,(H,8,10)(H,11,12). The van der Waals surface area contributed by atoms with Crippen molar-refractivity contribution in [3.8, 4) is 0 Å². The minimum absolute atomic E-state index is 0.0781. The number of thioether (sulfide) groups is 1. The van der Waals surface area contributed by atoms with E-state index in [4.69, 9.17) is 5.11 Å². The van der Waals surface area contributed by atoms with Crippen LogP contribution in [0.5, 0.6) is 0 Å². The van der Waals surface area contributed by atoms with Crippen molar-refractivity contribution in [1.29, 1.82) is 0 Å². The van der Waals surface area contributed by atoms with Crippen molar-refractivity contribution < 1.29 is 23.1 Å². The second-order valence-corrected chi connectivity index (χ2v) is 7.01. The van der Waals surface area contributed by atoms with Gasteiger partial charge in [0.2, 0.25) is 15.2 Å². The predicted octanol–water partition coefficient (Wildman–Crippen LogP) is 0.103. The Morgan fingerprint density at radius 2 is 2.28 bits per heavy atom. The van der Waals surface area contributed by atoms with Gasteiger partial charge in [0.25, 0.3) is 0 Å². The molecule has 0 saturated heterocycles. The highest BCUT2D eigenvalue weighted by molar-refractivity contribution is 8.01. The van der Waals surface area contributed by atoms with Crippen molar-refractivity contribution in [2.75, 3.05) is 29.9 Å². The molecule has 102 valence electrons. The fourth-order valence-electron chi connectivity index (χ4n) is 0.810. The first-order chi connectivity index (χ1) is 8.43. The molecule has 0 aromatic carbocycles. The number of rotatable bonds is 8. The van der Waals surface area contributed by atoms with Gasteiger partial charge in [-0.15, -0.1) is 10.2 Å². The van der Waals surface area contributed by atoms with Crippen molar-refractivity contribution in [2.24, 2.45) is 0 Å². The third kappa shape index (κ3) is 5.62. The molecule has 0 bridgehead atoms. The highest BCUT2D eigenvalue weighted by atomic mass is 32.2. The van der Waals surface area contributed by atoms with Gasteiger partial charge >= 0.3 is 5.97 Å². The fraction of sp³-hybridized carbons (Fsp3) is 0.571. The zero-order valence-electron chi connectivity index (χ0n) is 9.32. The molecule has 1 aromatic rings. The van der Waals surface area contributed by atoms with Gasteiger partial charge in [0.1, 0.15) is 0 Å². The minimum atomic E-state index is -3.51. The van der Waals surface area contributed by atoms with E-state index in [-0.39, 0.29) is 23.2 Å². The lowest BCUT2D eigenvalue weighted by Gasteiger charge is -2.02. The number of aliphatic carboxylic acids is 1. The molecule has 0 atom stereocenters. The number of anilines is 1. The van der Waals surface area contributed by atoms with Crippen LogP contribution in [0.3, 0.4) is 0 Å². The molecule has 0 spiro atoms. The molecule has 0 unspecified atom stereocenters. The minimum Gasteiger partial charge on any atom is -0.481 e. The van der Waals surface area contributed by atoms with Crippen molar-refractivity contribution in [3.05, 3.63) is 0 Å². The molecule has 18 heavy (non-hydrogen) atoms. The van der Waals surface area contributed by atoms with Crippen molar-refractivity contribution in [1.82, 2.24) is 10.2 Å². The Balaban J connectivity index is 2.55. The Morgan fingerprint density at radius 1 is 1.56 bits per heavy atom. The van der Waals surface area contributed by atoms with Gasteiger partial charge in [-0.3, -0.25) is 9.52 Å². The number of nitrogens with one attached hydrogen (secondary N) is 1. The van der Waals surface area contributed by atoms with E-state index < -0.39 is 16.0 Å². The summed E-state index contributed by atoms with van der Waals surface area (Å²) in [6.45, 7) is 0.0781. The van der Waals surface area contributed by atoms with Gasteiger partial charge in [-0.25, -0.2) is 8.42 Å². The molecule has 1 heterocycles. The molecule has 0 radical (unpaired) electrons. The number of nitrogens with zero attached hydrogens (tertiary/aromatic N) is 2. The predicted molar refractivity (Wildman–Crippen MR) is 67.6 cm³/mol. The largest absolute Gasteiger partial charge is 0.481 e. The van der Waals surface area contributed by atoms with E-state index in [0.717, 1.165) is 23.1 Å². The van der Waals surface area contributed by atoms with Gasteiger partial charge in [0, 0.05) is 7.11 Å². The lowest BCUT2D eigenvalue weighted by Crippen LogP contribution is -2.19. The molecular weight excluding hydrogens is 302 g/mol. The molecule has 0 aliphatic carbocycles. The molecule has 1 aromatic heterocycles. The Kier molecular flexibility index (Phi) is 5.78. The van der Waals surface area contributed by atoms with Crippen molar-refractivity contribution in [3.63, 3.8) is 0 Å². The van der Waals surface area contributed by atoms with Crippen LogP contribution in [0.15, 0.2) is 4.34 Å². The number of carboxylic acid groups (broad SMARTS) is 1. The maximum atomic E-state index is 11.5. The maximum absolute atomic E-state index is 11.5. The van der Waals surface area contributed by atoms with Crippen LogP contribution in [0.4, 0.5) is 5.13 Å². The van der Waals surface area contributed by atoms with Gasteiger partial charge in [0.15, 0.2) is 4.34 Å². The van der Waals surface area contributed by atoms with E-state index >= 15 is 0 Å². The van der Waals surface area contributed by atoms with Crippen LogP contribution < -0.4 is 4.72 Å². The summed E-state index contributed by atoms with van der Waals surface area (Å²) in [5, 5.41) is 15.9. The van der Waals surface area contributed by atoms with Crippen molar-refractivity contribution in [2.45, 2.75) is 4.34 Å². The van der Waals surface area contributed by atoms with E-state index in [1.165, 1.54) is 7.11 Å². The van der Waals surface area contributed by atoms with E-state index in [1.807, 2.05) is 0 Å². The van der Waals surface area contributed by atoms with Crippen LogP contribution in [0, 0.1) is 0 Å². The molecule has 1 rings (SSSR count). The Labute approximate surface area is 112 Å². The van der Waals surface area contributed by atoms with Crippen LogP contribution in [0.2, 0.25) is 0 Å². The number of carbonyl (C=O) groups is 1. The molecule has 0 amide bonds. The third-order valence-corrected chi connectivity index (χ3v) is 4.82. The normalized spacial score (nSPS) is 11.4. The van der Waals surface area contributed by atoms with Gasteiger partial charge < -0.3 is 9.84 Å². The van der Waals surface area contributed by atoms with Crippen LogP contribution in [0.1, 0.15) is 0 Å². The fourth-order valence-corrected chi connectivity index (χ4v) is 3.48. The summed E-state index contributed by atoms with van der Waals surface area (Å²) >= 11 is 1.96. The molecule has 0 aliphatic rings. The third-order valence-electron chi connectivity index (χ3n) is 1.52. The monoisotopic (exact) mass is 313 g/mol. The molecule has 8 nitrogen and oxygen atoms in total. The van der Waals surface area contributed by atoms with Crippen molar-refractivity contribution >= 4 is 44.2 Å². The van der Waals surface area contributed by atoms with Crippen LogP contribution in [0.25, 0.3) is 0 Å². The Hall–Kier alpha value is -0.910. The SMILES string of the molecule is COCCS(=O)(=O)Nc1nnc(SCC(=O)O)s1. The number of methoxy groups -OCH3 is 1. The molecule has 0 saturated carbocycles. The highest BCUT2D eigenvalue weighted by Gasteiger charge is 2.14. The smallest absolute Gasteiger partial charge is 0.313 e. The summed E-state index contributed by atoms with van der Waals surface area (Å²) < 4.78 is 30.3. The van der Waals surface area contributed by atoms with Crippen LogP contribution in [-0.2, 0) is 19.6 Å². The molecule has 0 fully saturated rings. The number of hydrogen-bond acceptors (Lipinski definition) is 8. The highest BCUT2D eigenvalue weighted by Crippen LogP contribution is 2.25. The second kappa shape index (κ2) is 6.87. The lowest BCUT2D eigenvalue weighted by molar-refractivity contribution is -0.133. The van der Waals surface area contributed by atoms with Crippen LogP contribution in [-0.4, -0.2) is 54.9 Å². The molecular formula is C7H11N3O5S3. The maximum Gasteiger partial charge on any atom is 0.313 e. The number of aromatic nitrogens is 2. The molecule has 11 heteroatoms. The first-order valence-electron chi connectivity index (χ1n) is 4.60. The average molecular weight is 313 g/mol. The quantitative estimate of drug-likeness (QED) is 0.649. The lowest BCUT2D eigenvalue weighted by atomic mass is 10.8.